The summed E-state index contributed by atoms with van der Waals surface area (Å²) in [6, 6.07) is 3.85. The number of nitro benzene ring substituents is 1. The van der Waals surface area contributed by atoms with Gasteiger partial charge in [-0.1, -0.05) is 13.8 Å². The Labute approximate surface area is 178 Å². The van der Waals surface area contributed by atoms with Crippen molar-refractivity contribution >= 4 is 29.9 Å². The van der Waals surface area contributed by atoms with Crippen LogP contribution in [0.4, 0.5) is 5.69 Å². The molecule has 29 heavy (non-hydrogen) atoms. The van der Waals surface area contributed by atoms with Crippen LogP contribution in [0.2, 0.25) is 0 Å². The number of likely N-dealkylation sites (N-methyl/N-ethyl adjacent to an activating group) is 1. The third-order valence-corrected chi connectivity index (χ3v) is 5.47. The van der Waals surface area contributed by atoms with Gasteiger partial charge >= 0.3 is 0 Å². The standard InChI is InChI=1S/C20H30N4O4.ClH/c1-13(2)16(21)9-11-22(4)20(26)18-6-5-10-23(18)19(25)15-7-8-17(24(27)28)14(3)12-15;/h7-8,12-13,16,18H,5-6,9-11,21H2,1-4H3;1H. The Morgan fingerprint density at radius 2 is 2.03 bits per heavy atom. The fourth-order valence-electron chi connectivity index (χ4n) is 3.47. The number of carbonyl (C=O) groups is 2. The number of nitrogens with zero attached hydrogens (tertiary/aromatic N) is 3. The number of amides is 2. The summed E-state index contributed by atoms with van der Waals surface area (Å²) in [4.78, 5) is 39.6. The highest BCUT2D eigenvalue weighted by Crippen LogP contribution is 2.25. The number of likely N-dealkylation sites (tertiary alicyclic amines) is 1. The third kappa shape index (κ3) is 5.90. The molecule has 0 saturated carbocycles. The van der Waals surface area contributed by atoms with Crippen molar-refractivity contribution in [3.8, 4) is 0 Å². The zero-order valence-corrected chi connectivity index (χ0v) is 18.3. The monoisotopic (exact) mass is 426 g/mol. The van der Waals surface area contributed by atoms with Gasteiger partial charge in [-0.3, -0.25) is 19.7 Å². The summed E-state index contributed by atoms with van der Waals surface area (Å²) >= 11 is 0. The number of nitrogens with two attached hydrogens (primary N) is 1. The largest absolute Gasteiger partial charge is 0.344 e. The molecule has 9 heteroatoms. The number of hydrogen-bond donors (Lipinski definition) is 1. The van der Waals surface area contributed by atoms with Crippen molar-refractivity contribution in [1.82, 2.24) is 9.80 Å². The van der Waals surface area contributed by atoms with E-state index in [2.05, 4.69) is 13.8 Å². The second-order valence-electron chi connectivity index (χ2n) is 7.87. The highest BCUT2D eigenvalue weighted by atomic mass is 35.5. The van der Waals surface area contributed by atoms with Crippen LogP contribution in [0, 0.1) is 23.0 Å². The molecule has 1 aromatic rings. The number of carbonyl (C=O) groups excluding carboxylic acids is 2. The third-order valence-electron chi connectivity index (χ3n) is 5.47. The van der Waals surface area contributed by atoms with Crippen molar-refractivity contribution in [1.29, 1.82) is 0 Å². The summed E-state index contributed by atoms with van der Waals surface area (Å²) in [5.41, 5.74) is 6.84. The maximum Gasteiger partial charge on any atom is 0.272 e. The lowest BCUT2D eigenvalue weighted by molar-refractivity contribution is -0.385. The van der Waals surface area contributed by atoms with Gasteiger partial charge in [0, 0.05) is 43.4 Å². The number of nitro groups is 1. The summed E-state index contributed by atoms with van der Waals surface area (Å²) in [5, 5.41) is 11.0. The van der Waals surface area contributed by atoms with Crippen LogP contribution in [-0.4, -0.2) is 58.8 Å². The normalized spacial score (nSPS) is 17.0. The van der Waals surface area contributed by atoms with Gasteiger partial charge in [0.15, 0.2) is 0 Å². The first kappa shape index (κ1) is 24.8. The first-order valence-corrected chi connectivity index (χ1v) is 9.70. The SMILES string of the molecule is Cc1cc(C(=O)N2CCCC2C(=O)N(C)CCC(N)C(C)C)ccc1[N+](=O)[O-].Cl. The van der Waals surface area contributed by atoms with Crippen LogP contribution in [0.25, 0.3) is 0 Å². The fourth-order valence-corrected chi connectivity index (χ4v) is 3.47. The van der Waals surface area contributed by atoms with Gasteiger partial charge in [0.1, 0.15) is 6.04 Å². The van der Waals surface area contributed by atoms with Crippen molar-refractivity contribution in [2.24, 2.45) is 11.7 Å². The average Bonchev–Trinajstić information content (AvgIpc) is 3.13. The van der Waals surface area contributed by atoms with Crippen molar-refractivity contribution in [3.05, 3.63) is 39.4 Å². The van der Waals surface area contributed by atoms with Crippen LogP contribution in [0.15, 0.2) is 18.2 Å². The minimum Gasteiger partial charge on any atom is -0.344 e. The van der Waals surface area contributed by atoms with Crippen molar-refractivity contribution in [2.45, 2.75) is 52.1 Å². The molecule has 0 aromatic heterocycles. The summed E-state index contributed by atoms with van der Waals surface area (Å²) in [6.07, 6.45) is 2.09. The van der Waals surface area contributed by atoms with E-state index >= 15 is 0 Å². The lowest BCUT2D eigenvalue weighted by Crippen LogP contribution is -2.47. The molecule has 162 valence electrons. The molecular formula is C20H31ClN4O4. The molecule has 1 aliphatic rings. The first-order chi connectivity index (χ1) is 13.1. The van der Waals surface area contributed by atoms with Crippen LogP contribution >= 0.6 is 12.4 Å². The Hall–Kier alpha value is -2.19. The molecule has 2 amide bonds. The average molecular weight is 427 g/mol. The second-order valence-corrected chi connectivity index (χ2v) is 7.87. The van der Waals surface area contributed by atoms with E-state index in [1.165, 1.54) is 18.2 Å². The van der Waals surface area contributed by atoms with Crippen LogP contribution in [0.3, 0.4) is 0 Å². The molecule has 2 N–H and O–H groups in total. The van der Waals surface area contributed by atoms with Gasteiger partial charge < -0.3 is 15.5 Å². The summed E-state index contributed by atoms with van der Waals surface area (Å²) in [7, 11) is 1.74. The lowest BCUT2D eigenvalue weighted by Gasteiger charge is -2.29. The summed E-state index contributed by atoms with van der Waals surface area (Å²) in [6.45, 7) is 6.76. The Balaban J connectivity index is 0.00000420. The predicted molar refractivity (Wildman–Crippen MR) is 114 cm³/mol. The molecule has 1 aromatic carbocycles. The van der Waals surface area contributed by atoms with Gasteiger partial charge in [-0.25, -0.2) is 0 Å². The molecule has 1 saturated heterocycles. The summed E-state index contributed by atoms with van der Waals surface area (Å²) < 4.78 is 0. The highest BCUT2D eigenvalue weighted by Gasteiger charge is 2.36. The molecule has 1 heterocycles. The van der Waals surface area contributed by atoms with Gasteiger partial charge in [0.25, 0.3) is 11.6 Å². The quantitative estimate of drug-likeness (QED) is 0.532. The predicted octanol–water partition coefficient (Wildman–Crippen LogP) is 2.76. The minimum atomic E-state index is -0.497. The van der Waals surface area contributed by atoms with Gasteiger partial charge in [-0.05, 0) is 44.2 Å². The number of halogens is 1. The lowest BCUT2D eigenvalue weighted by atomic mass is 10.0. The minimum absolute atomic E-state index is 0. The number of benzene rings is 1. The molecule has 0 radical (unpaired) electrons. The van der Waals surface area contributed by atoms with Crippen LogP contribution in [0.1, 0.15) is 49.0 Å². The molecular weight excluding hydrogens is 396 g/mol. The van der Waals surface area contributed by atoms with Gasteiger partial charge in [-0.15, -0.1) is 12.4 Å². The van der Waals surface area contributed by atoms with Gasteiger partial charge in [0.05, 0.1) is 4.92 Å². The Kier molecular flexibility index (Phi) is 9.04. The molecule has 2 unspecified atom stereocenters. The van der Waals surface area contributed by atoms with Crippen LogP contribution in [-0.2, 0) is 4.79 Å². The smallest absolute Gasteiger partial charge is 0.272 e. The molecule has 1 fully saturated rings. The molecule has 8 nitrogen and oxygen atoms in total. The zero-order valence-electron chi connectivity index (χ0n) is 17.5. The van der Waals surface area contributed by atoms with Crippen molar-refractivity contribution < 1.29 is 14.5 Å². The molecule has 2 rings (SSSR count). The number of rotatable bonds is 7. The maximum atomic E-state index is 12.9. The van der Waals surface area contributed by atoms with Crippen LogP contribution in [0.5, 0.6) is 0 Å². The van der Waals surface area contributed by atoms with E-state index in [-0.39, 0.29) is 36.0 Å². The Morgan fingerprint density at radius 1 is 1.38 bits per heavy atom. The summed E-state index contributed by atoms with van der Waals surface area (Å²) in [5.74, 6) is 0.00000493. The molecule has 0 spiro atoms. The van der Waals surface area contributed by atoms with E-state index in [0.29, 0.717) is 43.0 Å². The van der Waals surface area contributed by atoms with E-state index in [1.54, 1.807) is 23.8 Å². The van der Waals surface area contributed by atoms with Gasteiger partial charge in [-0.2, -0.15) is 0 Å². The van der Waals surface area contributed by atoms with Gasteiger partial charge in [0.2, 0.25) is 5.91 Å². The molecule has 1 aliphatic heterocycles. The molecule has 2 atom stereocenters. The maximum absolute atomic E-state index is 12.9. The number of hydrogen-bond acceptors (Lipinski definition) is 5. The van der Waals surface area contributed by atoms with Crippen LogP contribution < -0.4 is 5.73 Å². The molecule has 0 bridgehead atoms. The van der Waals surface area contributed by atoms with Crippen molar-refractivity contribution in [2.75, 3.05) is 20.1 Å². The molecule has 0 aliphatic carbocycles. The topological polar surface area (TPSA) is 110 Å². The fraction of sp³-hybridized carbons (Fsp3) is 0.600. The first-order valence-electron chi connectivity index (χ1n) is 9.70. The van der Waals surface area contributed by atoms with E-state index in [0.717, 1.165) is 6.42 Å². The second kappa shape index (κ2) is 10.5. The zero-order chi connectivity index (χ0) is 21.0. The highest BCUT2D eigenvalue weighted by molar-refractivity contribution is 5.98. The Morgan fingerprint density at radius 3 is 2.59 bits per heavy atom. The number of aryl methyl sites for hydroxylation is 1. The van der Waals surface area contributed by atoms with E-state index in [1.807, 2.05) is 0 Å². The Bertz CT molecular complexity index is 756. The van der Waals surface area contributed by atoms with E-state index in [4.69, 9.17) is 5.73 Å². The van der Waals surface area contributed by atoms with E-state index < -0.39 is 11.0 Å². The van der Waals surface area contributed by atoms with Crippen molar-refractivity contribution in [3.63, 3.8) is 0 Å². The van der Waals surface area contributed by atoms with E-state index in [9.17, 15) is 19.7 Å².